The molecular weight excluding hydrogens is 657 g/mol. The molecule has 4 nitrogen and oxygen atoms in total. The first-order valence-electron chi connectivity index (χ1n) is 18.4. The van der Waals surface area contributed by atoms with E-state index in [-0.39, 0.29) is 0 Å². The van der Waals surface area contributed by atoms with Gasteiger partial charge in [0.2, 0.25) is 0 Å². The summed E-state index contributed by atoms with van der Waals surface area (Å²) >= 11 is 0. The molecule has 0 spiro atoms. The lowest BCUT2D eigenvalue weighted by atomic mass is 10.0. The van der Waals surface area contributed by atoms with Crippen LogP contribution in [0.25, 0.3) is 110 Å². The van der Waals surface area contributed by atoms with E-state index in [9.17, 15) is 0 Å². The normalized spacial score (nSPS) is 12.1. The minimum atomic E-state index is 0.700. The zero-order valence-electron chi connectivity index (χ0n) is 29.1. The van der Waals surface area contributed by atoms with Gasteiger partial charge in [-0.2, -0.15) is 0 Å². The number of aromatic nitrogens is 4. The molecule has 0 unspecified atom stereocenters. The lowest BCUT2D eigenvalue weighted by Gasteiger charge is -2.14. The van der Waals surface area contributed by atoms with Crippen molar-refractivity contribution in [2.75, 3.05) is 0 Å². The average molecular weight is 687 g/mol. The summed E-state index contributed by atoms with van der Waals surface area (Å²) in [6.45, 7) is 0. The highest BCUT2D eigenvalue weighted by molar-refractivity contribution is 6.34. The second-order valence-electron chi connectivity index (χ2n) is 14.2. The second kappa shape index (κ2) is 11.1. The SMILES string of the molecule is c1ccc(-c2ccc(-c3nc(-n4c5ccc(-c6ccccc6)cc5c5cc6c7ccccc7n7c8ccccc8c(c54)c67)c4ccccc4n3)cc2)cc1. The van der Waals surface area contributed by atoms with Crippen molar-refractivity contribution >= 4 is 70.8 Å². The van der Waals surface area contributed by atoms with E-state index >= 15 is 0 Å². The highest BCUT2D eigenvalue weighted by Crippen LogP contribution is 2.47. The van der Waals surface area contributed by atoms with Gasteiger partial charge in [0, 0.05) is 43.3 Å². The fourth-order valence-corrected chi connectivity index (χ4v) is 8.84. The Bertz CT molecular complexity index is 3410. The van der Waals surface area contributed by atoms with Crippen LogP contribution in [-0.2, 0) is 0 Å². The van der Waals surface area contributed by atoms with Gasteiger partial charge in [-0.25, -0.2) is 9.97 Å². The monoisotopic (exact) mass is 686 g/mol. The van der Waals surface area contributed by atoms with E-state index in [2.05, 4.69) is 191 Å². The van der Waals surface area contributed by atoms with Crippen molar-refractivity contribution in [1.82, 2.24) is 18.9 Å². The Hall–Kier alpha value is -7.30. The summed E-state index contributed by atoms with van der Waals surface area (Å²) < 4.78 is 4.88. The van der Waals surface area contributed by atoms with Crippen LogP contribution in [0.4, 0.5) is 0 Å². The van der Waals surface area contributed by atoms with Crippen LogP contribution in [0.3, 0.4) is 0 Å². The third-order valence-electron chi connectivity index (χ3n) is 11.2. The quantitative estimate of drug-likeness (QED) is 0.185. The summed E-state index contributed by atoms with van der Waals surface area (Å²) in [5.41, 5.74) is 12.6. The maximum atomic E-state index is 5.51. The number of hydrogen-bond donors (Lipinski definition) is 0. The summed E-state index contributed by atoms with van der Waals surface area (Å²) in [7, 11) is 0. The predicted octanol–water partition coefficient (Wildman–Crippen LogP) is 12.9. The van der Waals surface area contributed by atoms with E-state index in [0.29, 0.717) is 5.82 Å². The van der Waals surface area contributed by atoms with Crippen molar-refractivity contribution in [2.24, 2.45) is 0 Å². The first-order valence-corrected chi connectivity index (χ1v) is 18.4. The van der Waals surface area contributed by atoms with Gasteiger partial charge in [-0.15, -0.1) is 0 Å². The first kappa shape index (κ1) is 29.3. The Kier molecular flexibility index (Phi) is 6.02. The molecule has 4 aromatic heterocycles. The third-order valence-corrected chi connectivity index (χ3v) is 11.2. The zero-order chi connectivity index (χ0) is 35.3. The fraction of sp³-hybridized carbons (Fsp3) is 0. The molecule has 250 valence electrons. The average Bonchev–Trinajstić information content (AvgIpc) is 3.88. The maximum absolute atomic E-state index is 5.51. The van der Waals surface area contributed by atoms with Crippen LogP contribution in [0, 0.1) is 0 Å². The first-order chi connectivity index (χ1) is 26.8. The molecule has 0 aliphatic carbocycles. The molecule has 0 aliphatic rings. The molecule has 0 saturated carbocycles. The Morgan fingerprint density at radius 3 is 1.65 bits per heavy atom. The number of benzene rings is 8. The fourth-order valence-electron chi connectivity index (χ4n) is 8.84. The smallest absolute Gasteiger partial charge is 0.162 e. The van der Waals surface area contributed by atoms with Crippen LogP contribution < -0.4 is 0 Å². The van der Waals surface area contributed by atoms with Gasteiger partial charge >= 0.3 is 0 Å². The second-order valence-corrected chi connectivity index (χ2v) is 14.2. The van der Waals surface area contributed by atoms with E-state index in [1.54, 1.807) is 0 Å². The van der Waals surface area contributed by atoms with Crippen molar-refractivity contribution in [2.45, 2.75) is 0 Å². The van der Waals surface area contributed by atoms with E-state index < -0.39 is 0 Å². The molecule has 4 heterocycles. The van der Waals surface area contributed by atoms with E-state index in [1.807, 2.05) is 0 Å². The lowest BCUT2D eigenvalue weighted by molar-refractivity contribution is 1.08. The van der Waals surface area contributed by atoms with Gasteiger partial charge in [-0.05, 0) is 64.7 Å². The van der Waals surface area contributed by atoms with Crippen LogP contribution in [0.1, 0.15) is 0 Å². The van der Waals surface area contributed by atoms with Gasteiger partial charge < -0.3 is 4.40 Å². The van der Waals surface area contributed by atoms with Gasteiger partial charge in [-0.1, -0.05) is 140 Å². The van der Waals surface area contributed by atoms with Crippen molar-refractivity contribution < 1.29 is 0 Å². The Labute approximate surface area is 310 Å². The maximum Gasteiger partial charge on any atom is 0.162 e. The van der Waals surface area contributed by atoms with Gasteiger partial charge in [-0.3, -0.25) is 4.57 Å². The van der Waals surface area contributed by atoms with Crippen LogP contribution in [-0.4, -0.2) is 18.9 Å². The molecule has 0 fully saturated rings. The molecular formula is C50H30N4. The molecule has 12 aromatic rings. The molecule has 0 bridgehead atoms. The van der Waals surface area contributed by atoms with Crippen molar-refractivity contribution in [3.63, 3.8) is 0 Å². The summed E-state index contributed by atoms with van der Waals surface area (Å²) in [5.74, 6) is 1.57. The molecule has 12 rings (SSSR count). The largest absolute Gasteiger partial charge is 0.308 e. The summed E-state index contributed by atoms with van der Waals surface area (Å²) in [6.07, 6.45) is 0. The molecule has 0 saturated heterocycles. The van der Waals surface area contributed by atoms with Crippen molar-refractivity contribution in [1.29, 1.82) is 0 Å². The van der Waals surface area contributed by atoms with Crippen LogP contribution in [0.5, 0.6) is 0 Å². The lowest BCUT2D eigenvalue weighted by Crippen LogP contribution is -2.03. The van der Waals surface area contributed by atoms with Crippen molar-refractivity contribution in [3.05, 3.63) is 182 Å². The number of para-hydroxylation sites is 3. The number of nitrogens with zero attached hydrogens (tertiary/aromatic N) is 4. The Morgan fingerprint density at radius 2 is 0.889 bits per heavy atom. The van der Waals surface area contributed by atoms with Crippen LogP contribution in [0.15, 0.2) is 182 Å². The molecule has 4 heteroatoms. The summed E-state index contributed by atoms with van der Waals surface area (Å²) in [4.78, 5) is 10.7. The molecule has 0 atom stereocenters. The van der Waals surface area contributed by atoms with Gasteiger partial charge in [0.1, 0.15) is 5.82 Å². The predicted molar refractivity (Wildman–Crippen MR) is 225 cm³/mol. The number of fused-ring (bicyclic) bond motifs is 11. The molecule has 8 aromatic carbocycles. The highest BCUT2D eigenvalue weighted by atomic mass is 15.1. The Balaban J connectivity index is 1.23. The van der Waals surface area contributed by atoms with Gasteiger partial charge in [0.15, 0.2) is 5.82 Å². The third kappa shape index (κ3) is 4.08. The molecule has 54 heavy (non-hydrogen) atoms. The minimum absolute atomic E-state index is 0.700. The Morgan fingerprint density at radius 1 is 0.333 bits per heavy atom. The summed E-state index contributed by atoms with van der Waals surface area (Å²) in [5, 5.41) is 8.41. The van der Waals surface area contributed by atoms with E-state index in [0.717, 1.165) is 38.9 Å². The summed E-state index contributed by atoms with van der Waals surface area (Å²) in [6, 6.07) is 65.2. The molecule has 0 radical (unpaired) electrons. The number of rotatable bonds is 4. The standard InChI is InChI=1S/C50H30N4/c1-3-13-31(14-4-1)33-23-25-34(26-24-33)49-51-42-20-10-7-18-37(42)50(52-49)54-45-28-27-35(32-15-5-2-6-16-32)29-39(45)41-30-40-36-17-8-11-21-43(36)53-44-22-12-9-19-38(44)46(47(40)53)48(41)54/h1-30H. The molecule has 0 aliphatic heterocycles. The molecule has 0 amide bonds. The van der Waals surface area contributed by atoms with Crippen LogP contribution >= 0.6 is 0 Å². The van der Waals surface area contributed by atoms with Gasteiger partial charge in [0.05, 0.1) is 33.1 Å². The topological polar surface area (TPSA) is 35.1 Å². The van der Waals surface area contributed by atoms with Gasteiger partial charge in [0.25, 0.3) is 0 Å². The minimum Gasteiger partial charge on any atom is -0.308 e. The van der Waals surface area contributed by atoms with Crippen LogP contribution in [0.2, 0.25) is 0 Å². The number of hydrogen-bond acceptors (Lipinski definition) is 2. The molecule has 0 N–H and O–H groups in total. The zero-order valence-corrected chi connectivity index (χ0v) is 29.1. The van der Waals surface area contributed by atoms with Crippen molar-refractivity contribution in [3.8, 4) is 39.5 Å². The van der Waals surface area contributed by atoms with E-state index in [4.69, 9.17) is 9.97 Å². The highest BCUT2D eigenvalue weighted by Gasteiger charge is 2.26. The van der Waals surface area contributed by atoms with E-state index in [1.165, 1.54) is 65.6 Å².